The van der Waals surface area contributed by atoms with E-state index in [2.05, 4.69) is 57.3 Å². The van der Waals surface area contributed by atoms with E-state index in [4.69, 9.17) is 0 Å². The van der Waals surface area contributed by atoms with Crippen molar-refractivity contribution in [2.24, 2.45) is 5.41 Å². The van der Waals surface area contributed by atoms with Gasteiger partial charge in [-0.2, -0.15) is 0 Å². The highest BCUT2D eigenvalue weighted by Gasteiger charge is 2.32. The molecule has 0 aromatic heterocycles. The number of rotatable bonds is 3. The van der Waals surface area contributed by atoms with E-state index in [1.165, 1.54) is 36.8 Å². The van der Waals surface area contributed by atoms with Crippen LogP contribution in [0.2, 0.25) is 0 Å². The van der Waals surface area contributed by atoms with Crippen molar-refractivity contribution in [2.75, 3.05) is 0 Å². The third-order valence-corrected chi connectivity index (χ3v) is 4.50. The van der Waals surface area contributed by atoms with Crippen molar-refractivity contribution in [3.63, 3.8) is 0 Å². The quantitative estimate of drug-likeness (QED) is 0.819. The monoisotopic (exact) mass is 245 g/mol. The molecule has 1 aliphatic carbocycles. The molecule has 1 N–H and O–H groups in total. The second-order valence-corrected chi connectivity index (χ2v) is 6.59. The van der Waals surface area contributed by atoms with Crippen molar-refractivity contribution >= 4 is 0 Å². The minimum absolute atomic E-state index is 0.441. The first kappa shape index (κ1) is 13.6. The van der Waals surface area contributed by atoms with Gasteiger partial charge in [-0.3, -0.25) is 0 Å². The van der Waals surface area contributed by atoms with Crippen LogP contribution in [0.1, 0.15) is 63.6 Å². The Morgan fingerprint density at radius 2 is 2.06 bits per heavy atom. The van der Waals surface area contributed by atoms with Crippen LogP contribution in [0.4, 0.5) is 0 Å². The summed E-state index contributed by atoms with van der Waals surface area (Å²) in [6, 6.07) is 9.97. The Kier molecular flexibility index (Phi) is 4.11. The summed E-state index contributed by atoms with van der Waals surface area (Å²) < 4.78 is 0. The molecule has 18 heavy (non-hydrogen) atoms. The van der Waals surface area contributed by atoms with Crippen molar-refractivity contribution in [1.29, 1.82) is 0 Å². The van der Waals surface area contributed by atoms with Crippen LogP contribution in [0.25, 0.3) is 0 Å². The Bertz CT molecular complexity index is 394. The molecule has 0 bridgehead atoms. The largest absolute Gasteiger partial charge is 0.307 e. The molecule has 1 heteroatoms. The zero-order valence-corrected chi connectivity index (χ0v) is 12.3. The van der Waals surface area contributed by atoms with Crippen molar-refractivity contribution in [2.45, 2.75) is 65.5 Å². The Hall–Kier alpha value is -0.820. The molecule has 0 aliphatic heterocycles. The highest BCUT2D eigenvalue weighted by atomic mass is 15.0. The second kappa shape index (κ2) is 5.44. The van der Waals surface area contributed by atoms with Gasteiger partial charge in [0.2, 0.25) is 0 Å². The van der Waals surface area contributed by atoms with Crippen molar-refractivity contribution in [3.05, 3.63) is 35.4 Å². The smallest absolute Gasteiger partial charge is 0.0294 e. The van der Waals surface area contributed by atoms with E-state index >= 15 is 0 Å². The molecule has 1 aromatic rings. The highest BCUT2D eigenvalue weighted by Crippen LogP contribution is 2.36. The van der Waals surface area contributed by atoms with Crippen LogP contribution in [0.5, 0.6) is 0 Å². The number of hydrogen-bond acceptors (Lipinski definition) is 1. The molecule has 2 atom stereocenters. The number of benzene rings is 1. The van der Waals surface area contributed by atoms with Gasteiger partial charge in [0, 0.05) is 12.1 Å². The fourth-order valence-corrected chi connectivity index (χ4v) is 3.14. The SMILES string of the molecule is Cc1cccc([C@H](C)NC2CCCCC2(C)C)c1. The first-order valence-electron chi connectivity index (χ1n) is 7.32. The van der Waals surface area contributed by atoms with Crippen molar-refractivity contribution < 1.29 is 0 Å². The molecular formula is C17H27N. The van der Waals surface area contributed by atoms with E-state index in [1.807, 2.05) is 0 Å². The highest BCUT2D eigenvalue weighted by molar-refractivity contribution is 5.24. The Labute approximate surface area is 112 Å². The van der Waals surface area contributed by atoms with E-state index in [0.29, 0.717) is 17.5 Å². The average molecular weight is 245 g/mol. The summed E-state index contributed by atoms with van der Waals surface area (Å²) >= 11 is 0. The normalized spacial score (nSPS) is 24.8. The van der Waals surface area contributed by atoms with E-state index in [1.54, 1.807) is 0 Å². The van der Waals surface area contributed by atoms with Gasteiger partial charge in [0.15, 0.2) is 0 Å². The van der Waals surface area contributed by atoms with Gasteiger partial charge in [0.05, 0.1) is 0 Å². The summed E-state index contributed by atoms with van der Waals surface area (Å²) in [5, 5.41) is 3.85. The van der Waals surface area contributed by atoms with Crippen LogP contribution in [-0.4, -0.2) is 6.04 Å². The van der Waals surface area contributed by atoms with Gasteiger partial charge < -0.3 is 5.32 Å². The minimum Gasteiger partial charge on any atom is -0.307 e. The lowest BCUT2D eigenvalue weighted by Gasteiger charge is -2.41. The van der Waals surface area contributed by atoms with Gasteiger partial charge >= 0.3 is 0 Å². The lowest BCUT2D eigenvalue weighted by atomic mass is 9.73. The third kappa shape index (κ3) is 3.14. The summed E-state index contributed by atoms with van der Waals surface area (Å²) in [5.74, 6) is 0. The second-order valence-electron chi connectivity index (χ2n) is 6.59. The number of aryl methyl sites for hydroxylation is 1. The fourth-order valence-electron chi connectivity index (χ4n) is 3.14. The maximum atomic E-state index is 3.85. The molecular weight excluding hydrogens is 218 g/mol. The summed E-state index contributed by atoms with van der Waals surface area (Å²) in [5.41, 5.74) is 3.21. The lowest BCUT2D eigenvalue weighted by molar-refractivity contribution is 0.157. The van der Waals surface area contributed by atoms with E-state index in [0.717, 1.165) is 0 Å². The maximum absolute atomic E-state index is 3.85. The van der Waals surface area contributed by atoms with Gasteiger partial charge in [0.1, 0.15) is 0 Å². The number of nitrogens with one attached hydrogen (secondary N) is 1. The summed E-state index contributed by atoms with van der Waals surface area (Å²) in [7, 11) is 0. The molecule has 2 rings (SSSR count). The molecule has 1 nitrogen and oxygen atoms in total. The first-order valence-corrected chi connectivity index (χ1v) is 7.32. The first-order chi connectivity index (χ1) is 8.49. The van der Waals surface area contributed by atoms with Gasteiger partial charge in [-0.1, -0.05) is 56.5 Å². The molecule has 100 valence electrons. The summed E-state index contributed by atoms with van der Waals surface area (Å²) in [6.07, 6.45) is 5.44. The Morgan fingerprint density at radius 1 is 1.28 bits per heavy atom. The van der Waals surface area contributed by atoms with E-state index < -0.39 is 0 Å². The van der Waals surface area contributed by atoms with Gasteiger partial charge in [0.25, 0.3) is 0 Å². The predicted octanol–water partition coefficient (Wildman–Crippen LogP) is 4.61. The molecule has 0 saturated heterocycles. The van der Waals surface area contributed by atoms with Crippen molar-refractivity contribution in [3.8, 4) is 0 Å². The lowest BCUT2D eigenvalue weighted by Crippen LogP contribution is -2.45. The van der Waals surface area contributed by atoms with Crippen LogP contribution in [0.3, 0.4) is 0 Å². The summed E-state index contributed by atoms with van der Waals surface area (Å²) in [4.78, 5) is 0. The summed E-state index contributed by atoms with van der Waals surface area (Å²) in [6.45, 7) is 9.28. The molecule has 1 unspecified atom stereocenters. The number of hydrogen-bond donors (Lipinski definition) is 1. The maximum Gasteiger partial charge on any atom is 0.0294 e. The van der Waals surface area contributed by atoms with Crippen LogP contribution >= 0.6 is 0 Å². The van der Waals surface area contributed by atoms with Gasteiger partial charge in [-0.25, -0.2) is 0 Å². The zero-order valence-electron chi connectivity index (χ0n) is 12.3. The minimum atomic E-state index is 0.441. The predicted molar refractivity (Wildman–Crippen MR) is 78.8 cm³/mol. The van der Waals surface area contributed by atoms with E-state index in [-0.39, 0.29) is 0 Å². The molecule has 0 heterocycles. The Balaban J connectivity index is 2.04. The van der Waals surface area contributed by atoms with Crippen LogP contribution in [0.15, 0.2) is 24.3 Å². The van der Waals surface area contributed by atoms with Gasteiger partial charge in [-0.05, 0) is 37.7 Å². The molecule has 1 aliphatic rings. The fraction of sp³-hybridized carbons (Fsp3) is 0.647. The van der Waals surface area contributed by atoms with E-state index in [9.17, 15) is 0 Å². The van der Waals surface area contributed by atoms with Crippen molar-refractivity contribution in [1.82, 2.24) is 5.32 Å². The van der Waals surface area contributed by atoms with Crippen LogP contribution < -0.4 is 5.32 Å². The molecule has 1 saturated carbocycles. The molecule has 0 radical (unpaired) electrons. The standard InChI is InChI=1S/C17H27N/c1-13-8-7-9-15(12-13)14(2)18-16-10-5-6-11-17(16,3)4/h7-9,12,14,16,18H,5-6,10-11H2,1-4H3/t14-,16?/m0/s1. The van der Waals surface area contributed by atoms with Crippen LogP contribution in [-0.2, 0) is 0 Å². The molecule has 0 spiro atoms. The topological polar surface area (TPSA) is 12.0 Å². The molecule has 1 aromatic carbocycles. The van der Waals surface area contributed by atoms with Crippen LogP contribution in [0, 0.1) is 12.3 Å². The van der Waals surface area contributed by atoms with Gasteiger partial charge in [-0.15, -0.1) is 0 Å². The molecule has 1 fully saturated rings. The molecule has 0 amide bonds. The third-order valence-electron chi connectivity index (χ3n) is 4.50. The zero-order chi connectivity index (χ0) is 13.2. The average Bonchev–Trinajstić information content (AvgIpc) is 2.31. The Morgan fingerprint density at radius 3 is 2.72 bits per heavy atom.